The van der Waals surface area contributed by atoms with E-state index < -0.39 is 5.92 Å². The van der Waals surface area contributed by atoms with E-state index in [1.54, 1.807) is 36.2 Å². The van der Waals surface area contributed by atoms with Crippen LogP contribution in [-0.2, 0) is 9.59 Å². The van der Waals surface area contributed by atoms with Crippen LogP contribution >= 0.6 is 0 Å². The average Bonchev–Trinajstić information content (AvgIpc) is 3.49. The molecule has 1 unspecified atom stereocenters. The van der Waals surface area contributed by atoms with Crippen LogP contribution in [0.25, 0.3) is 0 Å². The number of likely N-dealkylation sites (N-methyl/N-ethyl adjacent to an activating group) is 2. The molecular formula is C28H25N5O4. The van der Waals surface area contributed by atoms with Crippen LogP contribution in [0.3, 0.4) is 0 Å². The zero-order chi connectivity index (χ0) is 26.1. The van der Waals surface area contributed by atoms with Crippen molar-refractivity contribution in [3.05, 3.63) is 77.4 Å². The smallest absolute Gasteiger partial charge is 0.240 e. The Morgan fingerprint density at radius 2 is 1.81 bits per heavy atom. The SMILES string of the molecule is CN(C)CC(=O)N(C)c1ccc(N=C(c2ccc3c(c2)OCO3)C2C(=O)Nc3cc(C#N)ccc32)cc1. The van der Waals surface area contributed by atoms with Crippen molar-refractivity contribution in [3.8, 4) is 17.6 Å². The number of carbonyl (C=O) groups excluding carboxylic acids is 2. The Balaban J connectivity index is 1.55. The maximum Gasteiger partial charge on any atom is 0.240 e. The number of anilines is 2. The highest BCUT2D eigenvalue weighted by atomic mass is 16.7. The summed E-state index contributed by atoms with van der Waals surface area (Å²) in [5.41, 5.74) is 4.41. The van der Waals surface area contributed by atoms with Crippen LogP contribution in [0.1, 0.15) is 22.6 Å². The van der Waals surface area contributed by atoms with Crippen molar-refractivity contribution in [2.75, 3.05) is 44.7 Å². The molecular weight excluding hydrogens is 470 g/mol. The third-order valence-electron chi connectivity index (χ3n) is 6.27. The summed E-state index contributed by atoms with van der Waals surface area (Å²) in [5, 5.41) is 12.2. The van der Waals surface area contributed by atoms with E-state index in [4.69, 9.17) is 14.5 Å². The fraction of sp³-hybridized carbons (Fsp3) is 0.214. The number of rotatable bonds is 6. The molecule has 0 bridgehead atoms. The van der Waals surface area contributed by atoms with Crippen molar-refractivity contribution in [1.29, 1.82) is 5.26 Å². The van der Waals surface area contributed by atoms with Gasteiger partial charge in [0.2, 0.25) is 18.6 Å². The summed E-state index contributed by atoms with van der Waals surface area (Å²) in [6.45, 7) is 0.435. The Hall–Kier alpha value is -4.68. The van der Waals surface area contributed by atoms with Gasteiger partial charge in [-0.1, -0.05) is 6.07 Å². The first-order valence-corrected chi connectivity index (χ1v) is 11.7. The lowest BCUT2D eigenvalue weighted by Crippen LogP contribution is -2.34. The van der Waals surface area contributed by atoms with Gasteiger partial charge in [-0.05, 0) is 74.3 Å². The maximum absolute atomic E-state index is 13.2. The van der Waals surface area contributed by atoms with Gasteiger partial charge in [0.1, 0.15) is 5.92 Å². The van der Waals surface area contributed by atoms with Gasteiger partial charge in [-0.3, -0.25) is 14.6 Å². The molecule has 1 atom stereocenters. The van der Waals surface area contributed by atoms with Gasteiger partial charge in [0.05, 0.1) is 29.6 Å². The molecule has 3 aromatic rings. The minimum atomic E-state index is -0.688. The molecule has 9 nitrogen and oxygen atoms in total. The average molecular weight is 496 g/mol. The summed E-state index contributed by atoms with van der Waals surface area (Å²) in [7, 11) is 5.43. The van der Waals surface area contributed by atoms with Crippen molar-refractivity contribution in [3.63, 3.8) is 0 Å². The van der Waals surface area contributed by atoms with Crippen molar-refractivity contribution >= 4 is 34.6 Å². The number of nitriles is 1. The van der Waals surface area contributed by atoms with Gasteiger partial charge in [0.25, 0.3) is 0 Å². The van der Waals surface area contributed by atoms with E-state index >= 15 is 0 Å². The molecule has 3 aromatic carbocycles. The van der Waals surface area contributed by atoms with E-state index in [0.29, 0.717) is 46.3 Å². The first-order chi connectivity index (χ1) is 17.8. The summed E-state index contributed by atoms with van der Waals surface area (Å²) in [6, 6.07) is 20.0. The third-order valence-corrected chi connectivity index (χ3v) is 6.27. The summed E-state index contributed by atoms with van der Waals surface area (Å²) in [4.78, 5) is 34.0. The molecule has 0 saturated carbocycles. The number of nitrogens with zero attached hydrogens (tertiary/aromatic N) is 4. The summed E-state index contributed by atoms with van der Waals surface area (Å²) >= 11 is 0. The molecule has 9 heteroatoms. The number of nitrogens with one attached hydrogen (secondary N) is 1. The number of hydrogen-bond acceptors (Lipinski definition) is 7. The lowest BCUT2D eigenvalue weighted by molar-refractivity contribution is -0.119. The maximum atomic E-state index is 13.2. The predicted molar refractivity (Wildman–Crippen MR) is 140 cm³/mol. The third kappa shape index (κ3) is 4.75. The second-order valence-electron chi connectivity index (χ2n) is 9.11. The summed E-state index contributed by atoms with van der Waals surface area (Å²) in [6.07, 6.45) is 0. The highest BCUT2D eigenvalue weighted by molar-refractivity contribution is 6.24. The van der Waals surface area contributed by atoms with Gasteiger partial charge in [-0.2, -0.15) is 5.26 Å². The Morgan fingerprint density at radius 3 is 2.54 bits per heavy atom. The van der Waals surface area contributed by atoms with Crippen LogP contribution in [0.15, 0.2) is 65.7 Å². The number of benzene rings is 3. The Morgan fingerprint density at radius 1 is 1.05 bits per heavy atom. The molecule has 0 aromatic heterocycles. The van der Waals surface area contributed by atoms with Crippen LogP contribution in [0.2, 0.25) is 0 Å². The number of aliphatic imine (C=N–C) groups is 1. The number of carbonyl (C=O) groups is 2. The molecule has 0 fully saturated rings. The Bertz CT molecular complexity index is 1460. The number of ether oxygens (including phenoxy) is 2. The minimum absolute atomic E-state index is 0.0294. The van der Waals surface area contributed by atoms with Crippen molar-refractivity contribution in [2.45, 2.75) is 5.92 Å². The molecule has 186 valence electrons. The fourth-order valence-corrected chi connectivity index (χ4v) is 4.37. The van der Waals surface area contributed by atoms with Crippen molar-refractivity contribution in [1.82, 2.24) is 4.90 Å². The molecule has 0 saturated heterocycles. The van der Waals surface area contributed by atoms with Gasteiger partial charge in [0.15, 0.2) is 11.5 Å². The highest BCUT2D eigenvalue weighted by Gasteiger charge is 2.36. The number of hydrogen-bond donors (Lipinski definition) is 1. The molecule has 2 aliphatic rings. The van der Waals surface area contributed by atoms with Gasteiger partial charge in [-0.15, -0.1) is 0 Å². The second-order valence-corrected chi connectivity index (χ2v) is 9.11. The van der Waals surface area contributed by atoms with Gasteiger partial charge >= 0.3 is 0 Å². The van der Waals surface area contributed by atoms with E-state index in [2.05, 4.69) is 11.4 Å². The molecule has 5 rings (SSSR count). The zero-order valence-corrected chi connectivity index (χ0v) is 20.7. The van der Waals surface area contributed by atoms with Gasteiger partial charge in [-0.25, -0.2) is 0 Å². The van der Waals surface area contributed by atoms with Crippen LogP contribution < -0.4 is 19.7 Å². The van der Waals surface area contributed by atoms with Crippen molar-refractivity contribution in [2.24, 2.45) is 4.99 Å². The van der Waals surface area contributed by atoms with E-state index in [1.165, 1.54) is 0 Å². The Labute approximate surface area is 214 Å². The largest absolute Gasteiger partial charge is 0.454 e. The van der Waals surface area contributed by atoms with E-state index in [0.717, 1.165) is 11.3 Å². The standard InChI is InChI=1S/C28H25N5O4/c1-32(2)15-25(34)33(3)20-8-6-19(7-9-20)30-27(18-5-11-23-24(13-18)37-16-36-23)26-21-10-4-17(14-29)12-22(21)31-28(26)35/h4-13,26H,15-16H2,1-3H3,(H,31,35). The van der Waals surface area contributed by atoms with Gasteiger partial charge < -0.3 is 24.6 Å². The summed E-state index contributed by atoms with van der Waals surface area (Å²) in [5.74, 6) is 0.269. The fourth-order valence-electron chi connectivity index (χ4n) is 4.37. The van der Waals surface area contributed by atoms with E-state index in [-0.39, 0.29) is 18.6 Å². The first-order valence-electron chi connectivity index (χ1n) is 11.7. The molecule has 2 heterocycles. The second kappa shape index (κ2) is 9.76. The zero-order valence-electron chi connectivity index (χ0n) is 20.7. The molecule has 0 radical (unpaired) electrons. The van der Waals surface area contributed by atoms with E-state index in [9.17, 15) is 14.9 Å². The quantitative estimate of drug-likeness (QED) is 0.523. The lowest BCUT2D eigenvalue weighted by atomic mass is 9.90. The number of fused-ring (bicyclic) bond motifs is 2. The molecule has 1 N–H and O–H groups in total. The molecule has 2 amide bonds. The molecule has 2 aliphatic heterocycles. The van der Waals surface area contributed by atoms with Crippen LogP contribution in [0, 0.1) is 11.3 Å². The van der Waals surface area contributed by atoms with Gasteiger partial charge in [0, 0.05) is 24.0 Å². The predicted octanol–water partition coefficient (Wildman–Crippen LogP) is 3.67. The minimum Gasteiger partial charge on any atom is -0.454 e. The number of amides is 2. The van der Waals surface area contributed by atoms with Crippen LogP contribution in [0.5, 0.6) is 11.5 Å². The monoisotopic (exact) mass is 495 g/mol. The lowest BCUT2D eigenvalue weighted by Gasteiger charge is -2.20. The first kappa shape index (κ1) is 24.0. The topological polar surface area (TPSA) is 107 Å². The normalized spacial score (nSPS) is 15.8. The molecule has 0 spiro atoms. The van der Waals surface area contributed by atoms with Crippen molar-refractivity contribution < 1.29 is 19.1 Å². The summed E-state index contributed by atoms with van der Waals surface area (Å²) < 4.78 is 11.0. The van der Waals surface area contributed by atoms with E-state index in [1.807, 2.05) is 55.4 Å². The van der Waals surface area contributed by atoms with Crippen LogP contribution in [-0.4, -0.2) is 56.9 Å². The molecule has 0 aliphatic carbocycles. The highest BCUT2D eigenvalue weighted by Crippen LogP contribution is 2.39. The Kier molecular flexibility index (Phi) is 6.34. The van der Waals surface area contributed by atoms with Crippen LogP contribution in [0.4, 0.5) is 17.1 Å². The molecule has 37 heavy (non-hydrogen) atoms.